The highest BCUT2D eigenvalue weighted by Gasteiger charge is 1.97. The highest BCUT2D eigenvalue weighted by molar-refractivity contribution is 14.1. The van der Waals surface area contributed by atoms with Gasteiger partial charge >= 0.3 is 0 Å². The zero-order chi connectivity index (χ0) is 9.52. The molecule has 70 valence electrons. The zero-order valence-electron chi connectivity index (χ0n) is 7.24. The van der Waals surface area contributed by atoms with Crippen molar-refractivity contribution in [1.29, 1.82) is 0 Å². The van der Waals surface area contributed by atoms with Gasteiger partial charge in [-0.05, 0) is 10.9 Å². The van der Waals surface area contributed by atoms with Crippen LogP contribution in [0.3, 0.4) is 0 Å². The summed E-state index contributed by atoms with van der Waals surface area (Å²) >= 11 is 7.16. The molecule has 1 nitrogen and oxygen atoms in total. The predicted molar refractivity (Wildman–Crippen MR) is 69.6 cm³/mol. The molecular formula is C10H12INS. The van der Waals surface area contributed by atoms with Crippen LogP contribution in [-0.4, -0.2) is 15.8 Å². The first-order valence-corrected chi connectivity index (χ1v) is 5.88. The Morgan fingerprint density at radius 2 is 2.08 bits per heavy atom. The number of halogens is 1. The van der Waals surface area contributed by atoms with Crippen LogP contribution in [-0.2, 0) is 6.54 Å². The second-order valence-electron chi connectivity index (χ2n) is 2.77. The molecule has 0 saturated carbocycles. The van der Waals surface area contributed by atoms with Gasteiger partial charge in [0.1, 0.15) is 0 Å². The van der Waals surface area contributed by atoms with Crippen molar-refractivity contribution in [3.63, 3.8) is 0 Å². The van der Waals surface area contributed by atoms with Gasteiger partial charge in [-0.15, -0.1) is 0 Å². The van der Waals surface area contributed by atoms with E-state index in [1.807, 2.05) is 6.07 Å². The Morgan fingerprint density at radius 3 is 2.69 bits per heavy atom. The summed E-state index contributed by atoms with van der Waals surface area (Å²) < 4.78 is 0.441. The molecular weight excluding hydrogens is 293 g/mol. The molecule has 0 amide bonds. The summed E-state index contributed by atoms with van der Waals surface area (Å²) in [5.41, 5.74) is 1.32. The second kappa shape index (κ2) is 6.45. The van der Waals surface area contributed by atoms with Crippen molar-refractivity contribution >= 4 is 40.2 Å². The van der Waals surface area contributed by atoms with Crippen LogP contribution in [0.1, 0.15) is 5.56 Å². The minimum atomic E-state index is 0.441. The average Bonchev–Trinajstić information content (AvgIpc) is 2.19. The summed E-state index contributed by atoms with van der Waals surface area (Å²) in [4.78, 5) is 0. The van der Waals surface area contributed by atoms with Crippen molar-refractivity contribution in [3.8, 4) is 0 Å². The Bertz CT molecular complexity index is 250. The van der Waals surface area contributed by atoms with Crippen LogP contribution in [0.15, 0.2) is 30.3 Å². The van der Waals surface area contributed by atoms with E-state index in [2.05, 4.69) is 52.2 Å². The van der Waals surface area contributed by atoms with E-state index in [0.29, 0.717) is 3.92 Å². The van der Waals surface area contributed by atoms with Crippen molar-refractivity contribution in [2.75, 3.05) is 6.54 Å². The van der Waals surface area contributed by atoms with E-state index in [-0.39, 0.29) is 0 Å². The third kappa shape index (κ3) is 4.69. The number of nitrogens with one attached hydrogen (secondary N) is 1. The van der Waals surface area contributed by atoms with E-state index in [9.17, 15) is 0 Å². The summed E-state index contributed by atoms with van der Waals surface area (Å²) in [6, 6.07) is 10.4. The van der Waals surface area contributed by atoms with Crippen LogP contribution in [0.4, 0.5) is 0 Å². The molecule has 0 heterocycles. The second-order valence-corrected chi connectivity index (χ2v) is 4.64. The van der Waals surface area contributed by atoms with Crippen LogP contribution in [0.5, 0.6) is 0 Å². The van der Waals surface area contributed by atoms with Gasteiger partial charge in [0.05, 0.1) is 3.92 Å². The number of thiocarbonyl (C=S) groups is 1. The Labute approximate surface area is 98.1 Å². The quantitative estimate of drug-likeness (QED) is 0.510. The van der Waals surface area contributed by atoms with Crippen molar-refractivity contribution in [2.24, 2.45) is 0 Å². The van der Waals surface area contributed by atoms with E-state index in [0.717, 1.165) is 13.1 Å². The van der Waals surface area contributed by atoms with E-state index in [1.54, 1.807) is 5.37 Å². The molecule has 1 unspecified atom stereocenters. The van der Waals surface area contributed by atoms with Crippen molar-refractivity contribution in [2.45, 2.75) is 10.5 Å². The SMILES string of the molecule is S=CC(I)CNCc1ccccc1. The zero-order valence-corrected chi connectivity index (χ0v) is 10.2. The van der Waals surface area contributed by atoms with E-state index in [4.69, 9.17) is 12.2 Å². The summed E-state index contributed by atoms with van der Waals surface area (Å²) in [6.07, 6.45) is 0. The molecule has 0 aliphatic heterocycles. The van der Waals surface area contributed by atoms with Gasteiger partial charge in [0.2, 0.25) is 0 Å². The first-order chi connectivity index (χ1) is 6.33. The first kappa shape index (κ1) is 11.1. The van der Waals surface area contributed by atoms with E-state index < -0.39 is 0 Å². The molecule has 1 N–H and O–H groups in total. The maximum absolute atomic E-state index is 4.83. The van der Waals surface area contributed by atoms with Crippen LogP contribution < -0.4 is 5.32 Å². The lowest BCUT2D eigenvalue weighted by Gasteiger charge is -2.05. The molecule has 0 fully saturated rings. The molecule has 0 radical (unpaired) electrons. The number of rotatable bonds is 5. The third-order valence-electron chi connectivity index (χ3n) is 1.66. The molecule has 0 aliphatic rings. The van der Waals surface area contributed by atoms with Gasteiger partial charge in [-0.3, -0.25) is 0 Å². The topological polar surface area (TPSA) is 12.0 Å². The minimum absolute atomic E-state index is 0.441. The van der Waals surface area contributed by atoms with Gasteiger partial charge in [-0.1, -0.05) is 65.1 Å². The third-order valence-corrected chi connectivity index (χ3v) is 3.28. The number of benzene rings is 1. The Kier molecular flexibility index (Phi) is 5.50. The molecule has 1 rings (SSSR count). The molecule has 0 aromatic heterocycles. The fraction of sp³-hybridized carbons (Fsp3) is 0.300. The average molecular weight is 305 g/mol. The maximum atomic E-state index is 4.83. The molecule has 1 atom stereocenters. The lowest BCUT2D eigenvalue weighted by atomic mass is 10.2. The number of alkyl halides is 1. The molecule has 13 heavy (non-hydrogen) atoms. The maximum Gasteiger partial charge on any atom is 0.0517 e. The molecule has 0 bridgehead atoms. The molecule has 1 aromatic rings. The lowest BCUT2D eigenvalue weighted by Crippen LogP contribution is -2.22. The summed E-state index contributed by atoms with van der Waals surface area (Å²) in [6.45, 7) is 1.86. The summed E-state index contributed by atoms with van der Waals surface area (Å²) in [7, 11) is 0. The highest BCUT2D eigenvalue weighted by atomic mass is 127. The molecule has 0 saturated heterocycles. The minimum Gasteiger partial charge on any atom is -0.311 e. The first-order valence-electron chi connectivity index (χ1n) is 4.17. The van der Waals surface area contributed by atoms with Gasteiger partial charge in [0.15, 0.2) is 0 Å². The fourth-order valence-corrected chi connectivity index (χ4v) is 1.41. The van der Waals surface area contributed by atoms with E-state index >= 15 is 0 Å². The number of hydrogen-bond acceptors (Lipinski definition) is 2. The van der Waals surface area contributed by atoms with Crippen LogP contribution >= 0.6 is 34.8 Å². The van der Waals surface area contributed by atoms with Gasteiger partial charge < -0.3 is 5.32 Å². The van der Waals surface area contributed by atoms with Crippen LogP contribution in [0.2, 0.25) is 0 Å². The van der Waals surface area contributed by atoms with Gasteiger partial charge in [0, 0.05) is 13.1 Å². The molecule has 0 spiro atoms. The lowest BCUT2D eigenvalue weighted by molar-refractivity contribution is 0.721. The van der Waals surface area contributed by atoms with Crippen molar-refractivity contribution < 1.29 is 0 Å². The highest BCUT2D eigenvalue weighted by Crippen LogP contribution is 1.99. The van der Waals surface area contributed by atoms with Gasteiger partial charge in [0.25, 0.3) is 0 Å². The Hall–Kier alpha value is -0.000000000000000111. The predicted octanol–water partition coefficient (Wildman–Crippen LogP) is 2.58. The van der Waals surface area contributed by atoms with Gasteiger partial charge in [-0.2, -0.15) is 0 Å². The molecule has 0 aliphatic carbocycles. The Morgan fingerprint density at radius 1 is 1.38 bits per heavy atom. The van der Waals surface area contributed by atoms with Crippen LogP contribution in [0.25, 0.3) is 0 Å². The van der Waals surface area contributed by atoms with Crippen molar-refractivity contribution in [3.05, 3.63) is 35.9 Å². The number of hydrogen-bond donors (Lipinski definition) is 1. The van der Waals surface area contributed by atoms with Crippen LogP contribution in [0, 0.1) is 0 Å². The smallest absolute Gasteiger partial charge is 0.0517 e. The van der Waals surface area contributed by atoms with Crippen molar-refractivity contribution in [1.82, 2.24) is 5.32 Å². The largest absolute Gasteiger partial charge is 0.311 e. The van der Waals surface area contributed by atoms with E-state index in [1.165, 1.54) is 5.56 Å². The summed E-state index contributed by atoms with van der Waals surface area (Å²) in [5.74, 6) is 0. The Balaban J connectivity index is 2.24. The normalized spacial score (nSPS) is 12.4. The molecule has 3 heteroatoms. The monoisotopic (exact) mass is 305 g/mol. The summed E-state index contributed by atoms with van der Waals surface area (Å²) in [5, 5.41) is 5.14. The fourth-order valence-electron chi connectivity index (χ4n) is 0.998. The van der Waals surface area contributed by atoms with Gasteiger partial charge in [-0.25, -0.2) is 0 Å². The molecule has 1 aromatic carbocycles. The standard InChI is InChI=1S/C10H12INS/c11-10(8-13)7-12-6-9-4-2-1-3-5-9/h1-5,8,10,12H,6-7H2.